The first-order valence-electron chi connectivity index (χ1n) is 26.5. The van der Waals surface area contributed by atoms with E-state index in [1.165, 1.54) is 4.57 Å². The molecule has 80 heavy (non-hydrogen) atoms. The number of anilines is 7. The van der Waals surface area contributed by atoms with Gasteiger partial charge in [-0.3, -0.25) is 44.1 Å². The highest BCUT2D eigenvalue weighted by molar-refractivity contribution is 5.87. The Kier molecular flexibility index (Phi) is 15.4. The number of aliphatic hydroxyl groups is 1. The van der Waals surface area contributed by atoms with Gasteiger partial charge in [0.25, 0.3) is 22.2 Å². The quantitative estimate of drug-likeness (QED) is 0.0445. The number of H-pyrrole nitrogens is 4. The highest BCUT2D eigenvalue weighted by Gasteiger charge is 2.34. The summed E-state index contributed by atoms with van der Waals surface area (Å²) in [4.78, 5) is 77.7. The van der Waals surface area contributed by atoms with Crippen molar-refractivity contribution in [2.45, 2.75) is 44.6 Å². The number of allylic oxidation sites excluding steroid dienone is 2. The van der Waals surface area contributed by atoms with Crippen LogP contribution >= 0.6 is 0 Å². The van der Waals surface area contributed by atoms with E-state index < -0.39 is 23.0 Å². The average molecular weight is 1070 g/mol. The molecule has 6 N–H and O–H groups in total. The number of aliphatic hydroxyl groups excluding tert-OH is 1. The number of aromatic nitrogens is 6. The zero-order chi connectivity index (χ0) is 56.2. The minimum atomic E-state index is -1.19. The first kappa shape index (κ1) is 53.9. The van der Waals surface area contributed by atoms with E-state index in [1.54, 1.807) is 36.5 Å². The molecule has 9 aromatic rings. The van der Waals surface area contributed by atoms with Gasteiger partial charge in [-0.25, -0.2) is 4.79 Å². The first-order valence-corrected chi connectivity index (χ1v) is 26.5. The van der Waals surface area contributed by atoms with Crippen LogP contribution in [0.15, 0.2) is 188 Å². The molecule has 0 saturated carbocycles. The summed E-state index contributed by atoms with van der Waals surface area (Å²) in [5.74, 6) is 0.308. The van der Waals surface area contributed by atoms with E-state index >= 15 is 0 Å². The number of hydrogen-bond donors (Lipinski definition) is 6. The van der Waals surface area contributed by atoms with Crippen LogP contribution in [0, 0.1) is 0 Å². The Morgan fingerprint density at radius 1 is 0.600 bits per heavy atom. The summed E-state index contributed by atoms with van der Waals surface area (Å²) in [6.07, 6.45) is 8.09. The Morgan fingerprint density at radius 3 is 1.48 bits per heavy atom. The molecule has 408 valence electrons. The van der Waals surface area contributed by atoms with Crippen molar-refractivity contribution >= 4 is 67.1 Å². The highest BCUT2D eigenvalue weighted by atomic mass is 16.5. The normalized spacial score (nSPS) is 15.3. The summed E-state index contributed by atoms with van der Waals surface area (Å²) < 4.78 is 7.45. The van der Waals surface area contributed by atoms with E-state index in [1.807, 2.05) is 114 Å². The van der Waals surface area contributed by atoms with Crippen molar-refractivity contribution < 1.29 is 9.84 Å². The van der Waals surface area contributed by atoms with Gasteiger partial charge in [-0.1, -0.05) is 66.8 Å². The molecule has 1 aliphatic rings. The molecular formula is C62H63N11O7. The van der Waals surface area contributed by atoms with Crippen LogP contribution in [0.4, 0.5) is 39.9 Å². The topological polar surface area (TPSA) is 221 Å². The number of nitrogens with zero attached hydrogens (tertiary/aromatic N) is 6. The van der Waals surface area contributed by atoms with Gasteiger partial charge >= 0.3 is 5.69 Å². The van der Waals surface area contributed by atoms with E-state index in [9.17, 15) is 29.1 Å². The van der Waals surface area contributed by atoms with E-state index in [0.29, 0.717) is 47.9 Å². The molecule has 3 atom stereocenters. The first-order chi connectivity index (χ1) is 38.7. The van der Waals surface area contributed by atoms with Gasteiger partial charge in [-0.05, 0) is 146 Å². The van der Waals surface area contributed by atoms with Crippen LogP contribution in [0.25, 0.3) is 27.1 Å². The largest absolute Gasteiger partial charge is 0.394 e. The molecule has 0 amide bonds. The second-order valence-electron chi connectivity index (χ2n) is 20.1. The number of hydrogen-bond acceptors (Lipinski definition) is 13. The lowest BCUT2D eigenvalue weighted by molar-refractivity contribution is -0.0245. The highest BCUT2D eigenvalue weighted by Crippen LogP contribution is 2.39. The number of ether oxygens (including phenoxy) is 1. The maximum atomic E-state index is 14.0. The minimum Gasteiger partial charge on any atom is -0.394 e. The number of rotatable bonds is 18. The fourth-order valence-corrected chi connectivity index (χ4v) is 10.5. The molecule has 0 spiro atoms. The van der Waals surface area contributed by atoms with Crippen molar-refractivity contribution in [2.75, 3.05) is 72.8 Å². The van der Waals surface area contributed by atoms with Crippen molar-refractivity contribution in [3.63, 3.8) is 0 Å². The third kappa shape index (κ3) is 10.7. The summed E-state index contributed by atoms with van der Waals surface area (Å²) in [5, 5.41) is 24.4. The second kappa shape index (κ2) is 22.8. The molecule has 1 fully saturated rings. The third-order valence-corrected chi connectivity index (χ3v) is 14.8. The fourth-order valence-electron chi connectivity index (χ4n) is 10.5. The van der Waals surface area contributed by atoms with Crippen LogP contribution in [0.1, 0.15) is 55.2 Å². The van der Waals surface area contributed by atoms with Gasteiger partial charge in [0, 0.05) is 81.6 Å². The predicted molar refractivity (Wildman–Crippen MR) is 320 cm³/mol. The summed E-state index contributed by atoms with van der Waals surface area (Å²) >= 11 is 0. The molecule has 3 aromatic heterocycles. The van der Waals surface area contributed by atoms with E-state index in [2.05, 4.69) is 106 Å². The van der Waals surface area contributed by atoms with E-state index in [-0.39, 0.29) is 34.8 Å². The molecule has 0 bridgehead atoms. The van der Waals surface area contributed by atoms with Gasteiger partial charge in [0.1, 0.15) is 17.6 Å². The molecule has 1 saturated heterocycles. The summed E-state index contributed by atoms with van der Waals surface area (Å²) in [5.41, 5.74) is 6.42. The number of aromatic amines is 4. The molecule has 4 heterocycles. The lowest BCUT2D eigenvalue weighted by atomic mass is 9.81. The molecule has 18 heteroatoms. The molecular weight excluding hydrogens is 1010 g/mol. The zero-order valence-electron chi connectivity index (χ0n) is 45.4. The van der Waals surface area contributed by atoms with Gasteiger partial charge in [0.2, 0.25) is 0 Å². The number of benzene rings is 6. The Labute approximate surface area is 460 Å². The van der Waals surface area contributed by atoms with Crippen molar-refractivity contribution in [1.82, 2.24) is 29.9 Å². The molecule has 0 aliphatic carbocycles. The maximum absolute atomic E-state index is 14.0. The standard InChI is InChI=1S/C62H63N11O7/c1-7-71(47-27-30-51-53(36-47)59(77)67-65-57(51)75)45-21-13-40(14-22-45)50(39-11-19-43(20-12-39)69(3)4)10-9-34-62(41-15-23-44(24-16-41)70(5)6,64-55-33-35-73(61(79)63-55)56-32-29-49(38-74)80-56)42-17-25-46(26-18-42)72(8-2)48-28-31-52-54(37-48)60(78)68-66-58(52)76/h9-28,30-31,33-37,49,56,74H,7-8,29,32,38H2,1-6H3,(H,65,75)(H,66,76)(H,67,77)(H,68,78)(H,63,64,79)/b34-9+,50-10-/t49-,56+,62?/m0/s1. The Hall–Kier alpha value is -9.52. The van der Waals surface area contributed by atoms with Gasteiger partial charge in [0.05, 0.1) is 34.3 Å². The Bertz CT molecular complexity index is 4070. The lowest BCUT2D eigenvalue weighted by Crippen LogP contribution is -2.37. The van der Waals surface area contributed by atoms with E-state index in [4.69, 9.17) is 4.74 Å². The monoisotopic (exact) mass is 1070 g/mol. The SMILES string of the molecule is CCN(c1ccc(/C(=C\C=C\C(Nc2ccn([C@H]3CC[C@@H](CO)O3)c(=O)n2)(c2ccc(N(C)C)cc2)c2ccc(N(CC)c3ccc4c(=O)[nH][nH]c(=O)c4c3)cc2)c2ccc(N(C)C)cc2)cc1)c1ccc2c(=O)[nH][nH]c(=O)c2c1. The lowest BCUT2D eigenvalue weighted by Gasteiger charge is -2.35. The average Bonchev–Trinajstić information content (AvgIpc) is 3.97. The van der Waals surface area contributed by atoms with E-state index in [0.717, 1.165) is 62.0 Å². The Morgan fingerprint density at radius 2 is 1.04 bits per heavy atom. The molecule has 18 nitrogen and oxygen atoms in total. The predicted octanol–water partition coefficient (Wildman–Crippen LogP) is 8.46. The summed E-state index contributed by atoms with van der Waals surface area (Å²) in [7, 11) is 7.97. The Balaban J connectivity index is 1.11. The maximum Gasteiger partial charge on any atom is 0.351 e. The number of fused-ring (bicyclic) bond motifs is 2. The van der Waals surface area contributed by atoms with Gasteiger partial charge in [-0.15, -0.1) is 0 Å². The van der Waals surface area contributed by atoms with Gasteiger partial charge in [0.15, 0.2) is 0 Å². The zero-order valence-corrected chi connectivity index (χ0v) is 45.4. The van der Waals surface area contributed by atoms with Crippen LogP contribution in [-0.2, 0) is 10.3 Å². The summed E-state index contributed by atoms with van der Waals surface area (Å²) in [6.45, 7) is 5.03. The van der Waals surface area contributed by atoms with Crippen molar-refractivity contribution in [3.05, 3.63) is 238 Å². The second-order valence-corrected chi connectivity index (χ2v) is 20.1. The summed E-state index contributed by atoms with van der Waals surface area (Å²) in [6, 6.07) is 45.1. The molecule has 1 unspecified atom stereocenters. The fraction of sp³-hybridized carbons (Fsp3) is 0.226. The van der Waals surface area contributed by atoms with Gasteiger partial charge in [-0.2, -0.15) is 4.98 Å². The van der Waals surface area contributed by atoms with Crippen molar-refractivity contribution in [2.24, 2.45) is 0 Å². The molecule has 0 radical (unpaired) electrons. The van der Waals surface area contributed by atoms with Crippen molar-refractivity contribution in [3.8, 4) is 0 Å². The molecule has 6 aromatic carbocycles. The smallest absolute Gasteiger partial charge is 0.351 e. The molecule has 10 rings (SSSR count). The molecule has 1 aliphatic heterocycles. The van der Waals surface area contributed by atoms with Crippen LogP contribution in [0.2, 0.25) is 0 Å². The van der Waals surface area contributed by atoms with Crippen LogP contribution in [0.5, 0.6) is 0 Å². The third-order valence-electron chi connectivity index (χ3n) is 14.8. The minimum absolute atomic E-state index is 0.140. The van der Waals surface area contributed by atoms with Crippen LogP contribution in [0.3, 0.4) is 0 Å². The van der Waals surface area contributed by atoms with Crippen molar-refractivity contribution in [1.29, 1.82) is 0 Å². The number of nitrogens with one attached hydrogen (secondary N) is 5. The van der Waals surface area contributed by atoms with Crippen LogP contribution < -0.4 is 52.8 Å². The van der Waals surface area contributed by atoms with Gasteiger partial charge < -0.3 is 34.8 Å². The van der Waals surface area contributed by atoms with Crippen LogP contribution in [-0.4, -0.2) is 89.0 Å².